The van der Waals surface area contributed by atoms with E-state index in [-0.39, 0.29) is 6.61 Å². The van der Waals surface area contributed by atoms with E-state index in [4.69, 9.17) is 16.2 Å². The Morgan fingerprint density at radius 1 is 1.67 bits per heavy atom. The SMILES string of the molecule is CCOC(=O)C(CCl)S(=O)(=O)O. The van der Waals surface area contributed by atoms with E-state index in [2.05, 4.69) is 4.74 Å². The lowest BCUT2D eigenvalue weighted by atomic mass is 10.5. The second-order valence-electron chi connectivity index (χ2n) is 1.91. The Balaban J connectivity index is 4.47. The Kier molecular flexibility index (Phi) is 4.51. The quantitative estimate of drug-likeness (QED) is 0.408. The molecule has 7 heteroatoms. The highest BCUT2D eigenvalue weighted by Gasteiger charge is 2.31. The van der Waals surface area contributed by atoms with E-state index in [9.17, 15) is 13.2 Å². The van der Waals surface area contributed by atoms with Crippen LogP contribution in [-0.4, -0.2) is 36.7 Å². The highest BCUT2D eigenvalue weighted by molar-refractivity contribution is 7.87. The molecule has 0 aliphatic heterocycles. The highest BCUT2D eigenvalue weighted by atomic mass is 35.5. The second kappa shape index (κ2) is 4.64. The lowest BCUT2D eigenvalue weighted by molar-refractivity contribution is -0.142. The number of hydrogen-bond donors (Lipinski definition) is 1. The standard InChI is InChI=1S/C5H9ClO5S/c1-2-11-5(7)4(3-6)12(8,9)10/h4H,2-3H2,1H3,(H,8,9,10). The first-order valence-electron chi connectivity index (χ1n) is 3.12. The summed E-state index contributed by atoms with van der Waals surface area (Å²) in [6.45, 7) is 1.56. The largest absolute Gasteiger partial charge is 0.465 e. The average Bonchev–Trinajstić information content (AvgIpc) is 1.85. The van der Waals surface area contributed by atoms with Crippen LogP contribution in [0.4, 0.5) is 0 Å². The third-order valence-electron chi connectivity index (χ3n) is 1.05. The molecule has 0 saturated carbocycles. The maximum Gasteiger partial charge on any atom is 0.328 e. The zero-order valence-corrected chi connectivity index (χ0v) is 7.93. The van der Waals surface area contributed by atoms with Gasteiger partial charge in [0, 0.05) is 0 Å². The Hall–Kier alpha value is -0.330. The van der Waals surface area contributed by atoms with Crippen molar-refractivity contribution < 1.29 is 22.5 Å². The van der Waals surface area contributed by atoms with Crippen LogP contribution in [0.3, 0.4) is 0 Å². The monoisotopic (exact) mass is 216 g/mol. The number of carbonyl (C=O) groups is 1. The van der Waals surface area contributed by atoms with Crippen LogP contribution in [0.15, 0.2) is 0 Å². The second-order valence-corrected chi connectivity index (χ2v) is 3.82. The molecule has 72 valence electrons. The van der Waals surface area contributed by atoms with Gasteiger partial charge in [-0.05, 0) is 6.92 Å². The van der Waals surface area contributed by atoms with Crippen molar-refractivity contribution in [3.8, 4) is 0 Å². The topological polar surface area (TPSA) is 80.7 Å². The molecule has 0 fully saturated rings. The highest BCUT2D eigenvalue weighted by Crippen LogP contribution is 2.03. The molecule has 0 amide bonds. The summed E-state index contributed by atoms with van der Waals surface area (Å²) in [5.74, 6) is -1.55. The third kappa shape index (κ3) is 3.38. The summed E-state index contributed by atoms with van der Waals surface area (Å²) in [6.07, 6.45) is 0. The molecule has 0 rings (SSSR count). The summed E-state index contributed by atoms with van der Waals surface area (Å²) in [5, 5.41) is -1.68. The zero-order valence-electron chi connectivity index (χ0n) is 6.36. The van der Waals surface area contributed by atoms with Crippen LogP contribution in [0.25, 0.3) is 0 Å². The van der Waals surface area contributed by atoms with Crippen LogP contribution >= 0.6 is 11.6 Å². The number of esters is 1. The predicted molar refractivity (Wildman–Crippen MR) is 42.7 cm³/mol. The summed E-state index contributed by atoms with van der Waals surface area (Å²) < 4.78 is 33.7. The van der Waals surface area contributed by atoms with E-state index in [1.165, 1.54) is 6.92 Å². The smallest absolute Gasteiger partial charge is 0.328 e. The number of ether oxygens (including phenoxy) is 1. The third-order valence-corrected chi connectivity index (χ3v) is 2.62. The first-order valence-corrected chi connectivity index (χ1v) is 5.16. The minimum Gasteiger partial charge on any atom is -0.465 e. The normalized spacial score (nSPS) is 13.9. The Morgan fingerprint density at radius 3 is 2.42 bits per heavy atom. The first-order chi connectivity index (χ1) is 5.43. The van der Waals surface area contributed by atoms with Crippen molar-refractivity contribution in [1.82, 2.24) is 0 Å². The van der Waals surface area contributed by atoms with Crippen LogP contribution in [0.5, 0.6) is 0 Å². The predicted octanol–water partition coefficient (Wildman–Crippen LogP) is 0.0447. The van der Waals surface area contributed by atoms with Gasteiger partial charge < -0.3 is 4.74 Å². The molecule has 1 unspecified atom stereocenters. The summed E-state index contributed by atoms with van der Waals surface area (Å²) in [4.78, 5) is 10.8. The van der Waals surface area contributed by atoms with Crippen LogP contribution in [-0.2, 0) is 19.6 Å². The van der Waals surface area contributed by atoms with Crippen molar-refractivity contribution in [1.29, 1.82) is 0 Å². The van der Waals surface area contributed by atoms with E-state index in [0.717, 1.165) is 0 Å². The van der Waals surface area contributed by atoms with Gasteiger partial charge in [-0.3, -0.25) is 9.35 Å². The van der Waals surface area contributed by atoms with Gasteiger partial charge in [-0.25, -0.2) is 0 Å². The van der Waals surface area contributed by atoms with Gasteiger partial charge in [-0.2, -0.15) is 8.42 Å². The summed E-state index contributed by atoms with van der Waals surface area (Å²) in [5.41, 5.74) is 0. The Morgan fingerprint density at radius 2 is 2.17 bits per heavy atom. The van der Waals surface area contributed by atoms with Crippen LogP contribution in [0.2, 0.25) is 0 Å². The minimum absolute atomic E-state index is 0.0434. The molecule has 1 N–H and O–H groups in total. The molecular weight excluding hydrogens is 208 g/mol. The van der Waals surface area contributed by atoms with Gasteiger partial charge in [-0.15, -0.1) is 11.6 Å². The van der Waals surface area contributed by atoms with Gasteiger partial charge in [0.25, 0.3) is 10.1 Å². The van der Waals surface area contributed by atoms with Crippen LogP contribution < -0.4 is 0 Å². The molecule has 0 saturated heterocycles. The summed E-state index contributed by atoms with van der Waals surface area (Å²) in [7, 11) is -4.44. The Bertz CT molecular complexity index is 247. The molecule has 5 nitrogen and oxygen atoms in total. The fraction of sp³-hybridized carbons (Fsp3) is 0.800. The van der Waals surface area contributed by atoms with Crippen molar-refractivity contribution in [3.05, 3.63) is 0 Å². The molecule has 12 heavy (non-hydrogen) atoms. The van der Waals surface area contributed by atoms with Crippen molar-refractivity contribution in [2.24, 2.45) is 0 Å². The minimum atomic E-state index is -4.44. The van der Waals surface area contributed by atoms with E-state index in [0.29, 0.717) is 0 Å². The van der Waals surface area contributed by atoms with Gasteiger partial charge in [0.1, 0.15) is 0 Å². The van der Waals surface area contributed by atoms with Crippen molar-refractivity contribution >= 4 is 27.7 Å². The Labute approximate surface area is 75.4 Å². The number of alkyl halides is 1. The molecule has 0 heterocycles. The molecular formula is C5H9ClO5S. The molecule has 1 atom stereocenters. The van der Waals surface area contributed by atoms with Crippen LogP contribution in [0.1, 0.15) is 6.92 Å². The molecule has 0 aliphatic carbocycles. The summed E-state index contributed by atoms with van der Waals surface area (Å²) in [6, 6.07) is 0. The number of carbonyl (C=O) groups excluding carboxylic acids is 1. The number of rotatable bonds is 4. The van der Waals surface area contributed by atoms with Gasteiger partial charge >= 0.3 is 5.97 Å². The van der Waals surface area contributed by atoms with Crippen LogP contribution in [0, 0.1) is 0 Å². The average molecular weight is 217 g/mol. The zero-order chi connectivity index (χ0) is 9.78. The molecule has 0 aliphatic rings. The molecule has 0 radical (unpaired) electrons. The fourth-order valence-corrected chi connectivity index (χ4v) is 1.57. The molecule has 0 spiro atoms. The van der Waals surface area contributed by atoms with E-state index < -0.39 is 27.2 Å². The van der Waals surface area contributed by atoms with Gasteiger partial charge in [-0.1, -0.05) is 0 Å². The van der Waals surface area contributed by atoms with Crippen molar-refractivity contribution in [3.63, 3.8) is 0 Å². The van der Waals surface area contributed by atoms with Crippen molar-refractivity contribution in [2.75, 3.05) is 12.5 Å². The molecule has 0 aromatic heterocycles. The molecule has 0 bridgehead atoms. The maximum absolute atomic E-state index is 10.8. The summed E-state index contributed by atoms with van der Waals surface area (Å²) >= 11 is 5.14. The van der Waals surface area contributed by atoms with E-state index >= 15 is 0 Å². The number of halogens is 1. The lowest BCUT2D eigenvalue weighted by Crippen LogP contribution is -2.33. The van der Waals surface area contributed by atoms with E-state index in [1.807, 2.05) is 0 Å². The van der Waals surface area contributed by atoms with Crippen molar-refractivity contribution in [2.45, 2.75) is 12.2 Å². The number of hydrogen-bond acceptors (Lipinski definition) is 4. The maximum atomic E-state index is 10.8. The van der Waals surface area contributed by atoms with Gasteiger partial charge in [0.2, 0.25) is 0 Å². The fourth-order valence-electron chi connectivity index (χ4n) is 0.499. The van der Waals surface area contributed by atoms with Gasteiger partial charge in [0.15, 0.2) is 5.25 Å². The lowest BCUT2D eigenvalue weighted by Gasteiger charge is -2.08. The molecule has 0 aromatic carbocycles. The van der Waals surface area contributed by atoms with Gasteiger partial charge in [0.05, 0.1) is 12.5 Å². The van der Waals surface area contributed by atoms with E-state index in [1.54, 1.807) is 0 Å². The molecule has 0 aromatic rings. The first kappa shape index (κ1) is 11.7.